The van der Waals surface area contributed by atoms with Gasteiger partial charge in [-0.15, -0.1) is 0 Å². The van der Waals surface area contributed by atoms with Crippen molar-refractivity contribution in [2.24, 2.45) is 0 Å². The highest BCUT2D eigenvalue weighted by Gasteiger charge is 2.06. The Labute approximate surface area is 116 Å². The average molecular weight is 276 g/mol. The summed E-state index contributed by atoms with van der Waals surface area (Å²) in [6.45, 7) is 1.94. The molecule has 0 bridgehead atoms. The number of rotatable bonds is 5. The molecule has 1 amide bonds. The first-order valence-corrected chi connectivity index (χ1v) is 6.92. The molecule has 5 nitrogen and oxygen atoms in total. The third-order valence-corrected chi connectivity index (χ3v) is 3.48. The molecule has 0 fully saturated rings. The highest BCUT2D eigenvalue weighted by atomic mass is 32.2. The monoisotopic (exact) mass is 276 g/mol. The van der Waals surface area contributed by atoms with E-state index in [9.17, 15) is 4.79 Å². The van der Waals surface area contributed by atoms with E-state index in [4.69, 9.17) is 5.73 Å². The Kier molecular flexibility index (Phi) is 4.46. The molecular formula is C13H16N4OS. The van der Waals surface area contributed by atoms with Crippen LogP contribution in [0.4, 0.5) is 11.4 Å². The molecule has 0 saturated heterocycles. The van der Waals surface area contributed by atoms with Gasteiger partial charge in [-0.05, 0) is 24.6 Å². The molecule has 0 atom stereocenters. The van der Waals surface area contributed by atoms with Gasteiger partial charge in [-0.2, -0.15) is 0 Å². The number of aromatic amines is 1. The number of nitrogens with two attached hydrogens (primary N) is 1. The molecule has 1 heterocycles. The molecule has 19 heavy (non-hydrogen) atoms. The fourth-order valence-electron chi connectivity index (χ4n) is 1.56. The number of amides is 1. The summed E-state index contributed by atoms with van der Waals surface area (Å²) < 4.78 is 0. The largest absolute Gasteiger partial charge is 0.399 e. The van der Waals surface area contributed by atoms with Crippen LogP contribution >= 0.6 is 11.8 Å². The number of nitrogens with one attached hydrogen (secondary N) is 2. The smallest absolute Gasteiger partial charge is 0.225 e. The van der Waals surface area contributed by atoms with Crippen molar-refractivity contribution >= 4 is 29.0 Å². The molecule has 0 aliphatic carbocycles. The van der Waals surface area contributed by atoms with E-state index in [1.165, 1.54) is 11.8 Å². The summed E-state index contributed by atoms with van der Waals surface area (Å²) >= 11 is 1.52. The molecule has 0 saturated carbocycles. The van der Waals surface area contributed by atoms with E-state index in [1.807, 2.05) is 19.1 Å². The normalized spacial score (nSPS) is 10.4. The van der Waals surface area contributed by atoms with E-state index in [-0.39, 0.29) is 5.91 Å². The second-order valence-electron chi connectivity index (χ2n) is 4.12. The number of nitrogens with zero attached hydrogens (tertiary/aromatic N) is 1. The topological polar surface area (TPSA) is 83.8 Å². The number of carbonyl (C=O) groups is 1. The Morgan fingerprint density at radius 2 is 2.37 bits per heavy atom. The fourth-order valence-corrected chi connectivity index (χ4v) is 2.32. The predicted molar refractivity (Wildman–Crippen MR) is 78.1 cm³/mol. The lowest BCUT2D eigenvalue weighted by Crippen LogP contribution is -2.13. The van der Waals surface area contributed by atoms with Crippen LogP contribution in [-0.2, 0) is 4.79 Å². The van der Waals surface area contributed by atoms with Crippen molar-refractivity contribution < 1.29 is 4.79 Å². The third-order valence-electron chi connectivity index (χ3n) is 2.58. The van der Waals surface area contributed by atoms with E-state index in [0.29, 0.717) is 17.9 Å². The third kappa shape index (κ3) is 4.03. The number of imidazole rings is 1. The van der Waals surface area contributed by atoms with E-state index in [2.05, 4.69) is 15.3 Å². The number of hydrogen-bond acceptors (Lipinski definition) is 4. The summed E-state index contributed by atoms with van der Waals surface area (Å²) in [6.07, 6.45) is 3.89. The summed E-state index contributed by atoms with van der Waals surface area (Å²) in [7, 11) is 0. The zero-order valence-corrected chi connectivity index (χ0v) is 11.5. The van der Waals surface area contributed by atoms with Gasteiger partial charge in [-0.3, -0.25) is 4.79 Å². The lowest BCUT2D eigenvalue weighted by molar-refractivity contribution is -0.115. The summed E-state index contributed by atoms with van der Waals surface area (Å²) in [5.74, 6) is 0.661. The van der Waals surface area contributed by atoms with Gasteiger partial charge in [0.25, 0.3) is 0 Å². The number of carbonyl (C=O) groups excluding carboxylic acids is 1. The van der Waals surface area contributed by atoms with Crippen LogP contribution in [0.15, 0.2) is 35.7 Å². The number of H-pyrrole nitrogens is 1. The number of benzene rings is 1. The molecule has 0 aliphatic heterocycles. The first kappa shape index (κ1) is 13.5. The highest BCUT2D eigenvalue weighted by molar-refractivity contribution is 7.99. The van der Waals surface area contributed by atoms with E-state index >= 15 is 0 Å². The Morgan fingerprint density at radius 3 is 3.11 bits per heavy atom. The minimum absolute atomic E-state index is 0.0206. The molecule has 0 spiro atoms. The van der Waals surface area contributed by atoms with Crippen molar-refractivity contribution in [2.75, 3.05) is 16.8 Å². The van der Waals surface area contributed by atoms with Gasteiger partial charge in [0, 0.05) is 35.9 Å². The zero-order valence-electron chi connectivity index (χ0n) is 10.6. The Bertz CT molecular complexity index is 554. The average Bonchev–Trinajstić information content (AvgIpc) is 2.87. The molecule has 4 N–H and O–H groups in total. The summed E-state index contributed by atoms with van der Waals surface area (Å²) in [4.78, 5) is 18.9. The number of hydrogen-bond donors (Lipinski definition) is 3. The molecule has 0 unspecified atom stereocenters. The van der Waals surface area contributed by atoms with Crippen LogP contribution in [-0.4, -0.2) is 21.6 Å². The Morgan fingerprint density at radius 1 is 1.53 bits per heavy atom. The van der Waals surface area contributed by atoms with Crippen LogP contribution in [0, 0.1) is 6.92 Å². The summed E-state index contributed by atoms with van der Waals surface area (Å²) in [6, 6.07) is 5.48. The number of nitrogen functional groups attached to an aromatic ring is 1. The van der Waals surface area contributed by atoms with E-state index in [0.717, 1.165) is 16.4 Å². The van der Waals surface area contributed by atoms with E-state index < -0.39 is 0 Å². The van der Waals surface area contributed by atoms with Crippen molar-refractivity contribution in [1.82, 2.24) is 9.97 Å². The first-order valence-electron chi connectivity index (χ1n) is 5.93. The predicted octanol–water partition coefficient (Wildman–Crippen LogP) is 2.42. The molecule has 1 aromatic carbocycles. The maximum atomic E-state index is 11.8. The van der Waals surface area contributed by atoms with Crippen LogP contribution in [0.1, 0.15) is 12.0 Å². The number of aromatic nitrogens is 2. The minimum Gasteiger partial charge on any atom is -0.399 e. The van der Waals surface area contributed by atoms with Gasteiger partial charge in [0.2, 0.25) is 5.91 Å². The van der Waals surface area contributed by atoms with Crippen molar-refractivity contribution in [2.45, 2.75) is 18.5 Å². The van der Waals surface area contributed by atoms with Crippen molar-refractivity contribution in [3.05, 3.63) is 36.2 Å². The molecule has 0 radical (unpaired) electrons. The van der Waals surface area contributed by atoms with E-state index in [1.54, 1.807) is 18.5 Å². The second kappa shape index (κ2) is 6.29. The standard InChI is InChI=1S/C13H16N4OS/c1-9-2-3-10(14)8-11(9)17-12(18)4-7-19-13-15-5-6-16-13/h2-3,5-6,8H,4,7,14H2,1H3,(H,15,16)(H,17,18). The van der Waals surface area contributed by atoms with Crippen LogP contribution in [0.2, 0.25) is 0 Å². The maximum absolute atomic E-state index is 11.8. The molecule has 6 heteroatoms. The lowest BCUT2D eigenvalue weighted by Gasteiger charge is -2.08. The van der Waals surface area contributed by atoms with Gasteiger partial charge in [0.05, 0.1) is 0 Å². The van der Waals surface area contributed by atoms with Gasteiger partial charge >= 0.3 is 0 Å². The lowest BCUT2D eigenvalue weighted by atomic mass is 10.2. The molecule has 2 rings (SSSR count). The Hall–Kier alpha value is -1.95. The second-order valence-corrected chi connectivity index (χ2v) is 5.20. The summed E-state index contributed by atoms with van der Waals surface area (Å²) in [5, 5.41) is 3.70. The van der Waals surface area contributed by atoms with Crippen LogP contribution in [0.5, 0.6) is 0 Å². The van der Waals surface area contributed by atoms with Crippen LogP contribution in [0.25, 0.3) is 0 Å². The SMILES string of the molecule is Cc1ccc(N)cc1NC(=O)CCSc1ncc[nH]1. The van der Waals surface area contributed by atoms with Gasteiger partial charge in [-0.25, -0.2) is 4.98 Å². The number of aryl methyl sites for hydroxylation is 1. The zero-order chi connectivity index (χ0) is 13.7. The molecule has 1 aromatic heterocycles. The van der Waals surface area contributed by atoms with Crippen molar-refractivity contribution in [1.29, 1.82) is 0 Å². The van der Waals surface area contributed by atoms with Gasteiger partial charge < -0.3 is 16.0 Å². The van der Waals surface area contributed by atoms with Gasteiger partial charge in [0.15, 0.2) is 5.16 Å². The highest BCUT2D eigenvalue weighted by Crippen LogP contribution is 2.19. The molecule has 0 aliphatic rings. The molecule has 100 valence electrons. The molecular weight excluding hydrogens is 260 g/mol. The van der Waals surface area contributed by atoms with Crippen molar-refractivity contribution in [3.8, 4) is 0 Å². The summed E-state index contributed by atoms with van der Waals surface area (Å²) in [5.41, 5.74) is 8.12. The molecule has 2 aromatic rings. The quantitative estimate of drug-likeness (QED) is 0.578. The van der Waals surface area contributed by atoms with Crippen molar-refractivity contribution in [3.63, 3.8) is 0 Å². The van der Waals surface area contributed by atoms with Crippen LogP contribution in [0.3, 0.4) is 0 Å². The fraction of sp³-hybridized carbons (Fsp3) is 0.231. The number of thioether (sulfide) groups is 1. The first-order chi connectivity index (χ1) is 9.15. The van der Waals surface area contributed by atoms with Gasteiger partial charge in [0.1, 0.15) is 0 Å². The Balaban J connectivity index is 1.82. The maximum Gasteiger partial charge on any atom is 0.225 e. The minimum atomic E-state index is -0.0206. The number of anilines is 2. The van der Waals surface area contributed by atoms with Crippen LogP contribution < -0.4 is 11.1 Å². The van der Waals surface area contributed by atoms with Gasteiger partial charge in [-0.1, -0.05) is 17.8 Å².